The first kappa shape index (κ1) is 15.9. The van der Waals surface area contributed by atoms with Crippen LogP contribution in [0.4, 0.5) is 0 Å². The Balaban J connectivity index is 1.35. The van der Waals surface area contributed by atoms with E-state index in [2.05, 4.69) is 37.3 Å². The maximum Gasteiger partial charge on any atom is 0.119 e. The number of rotatable bonds is 7. The van der Waals surface area contributed by atoms with Crippen molar-refractivity contribution in [1.29, 1.82) is 0 Å². The maximum atomic E-state index is 5.89. The van der Waals surface area contributed by atoms with E-state index in [0.29, 0.717) is 0 Å². The second kappa shape index (κ2) is 8.05. The van der Waals surface area contributed by atoms with Gasteiger partial charge in [-0.3, -0.25) is 0 Å². The molecule has 1 aliphatic rings. The number of aryl methyl sites for hydroxylation is 3. The zero-order chi connectivity index (χ0) is 15.9. The van der Waals surface area contributed by atoms with Crippen LogP contribution in [0.3, 0.4) is 0 Å². The summed E-state index contributed by atoms with van der Waals surface area (Å²) in [7, 11) is 0. The average molecular weight is 310 g/mol. The molecule has 0 saturated heterocycles. The lowest BCUT2D eigenvalue weighted by atomic mass is 9.92. The molecule has 1 aliphatic carbocycles. The van der Waals surface area contributed by atoms with Crippen LogP contribution >= 0.6 is 0 Å². The van der Waals surface area contributed by atoms with Gasteiger partial charge >= 0.3 is 0 Å². The van der Waals surface area contributed by atoms with Gasteiger partial charge in [0.1, 0.15) is 11.5 Å². The highest BCUT2D eigenvalue weighted by Gasteiger charge is 2.09. The van der Waals surface area contributed by atoms with Gasteiger partial charge in [-0.2, -0.15) is 0 Å². The van der Waals surface area contributed by atoms with Crippen LogP contribution in [0.1, 0.15) is 42.4 Å². The van der Waals surface area contributed by atoms with Crippen molar-refractivity contribution in [3.63, 3.8) is 0 Å². The normalized spacial score (nSPS) is 13.4. The van der Waals surface area contributed by atoms with Crippen LogP contribution in [0.2, 0.25) is 0 Å². The quantitative estimate of drug-likeness (QED) is 0.661. The standard InChI is InChI=1S/C21H26O2/c1-17-7-6-10-20(15-17)22-13-4-5-14-23-21-12-11-18-8-2-3-9-19(18)16-21/h6-7,10-12,15-16H,2-5,8-9,13-14H2,1H3. The van der Waals surface area contributed by atoms with Gasteiger partial charge in [0.05, 0.1) is 13.2 Å². The molecule has 2 nitrogen and oxygen atoms in total. The molecule has 0 unspecified atom stereocenters. The minimum atomic E-state index is 0.747. The monoisotopic (exact) mass is 310 g/mol. The Morgan fingerprint density at radius 2 is 1.48 bits per heavy atom. The summed E-state index contributed by atoms with van der Waals surface area (Å²) in [6.45, 7) is 3.59. The summed E-state index contributed by atoms with van der Waals surface area (Å²) in [4.78, 5) is 0. The Hall–Kier alpha value is -1.96. The van der Waals surface area contributed by atoms with E-state index in [9.17, 15) is 0 Å². The summed E-state index contributed by atoms with van der Waals surface area (Å²) in [5, 5.41) is 0. The number of ether oxygens (including phenoxy) is 2. The topological polar surface area (TPSA) is 18.5 Å². The van der Waals surface area contributed by atoms with Crippen LogP contribution in [0.25, 0.3) is 0 Å². The fourth-order valence-electron chi connectivity index (χ4n) is 3.09. The van der Waals surface area contributed by atoms with Crippen molar-refractivity contribution < 1.29 is 9.47 Å². The van der Waals surface area contributed by atoms with Crippen LogP contribution in [0, 0.1) is 6.92 Å². The summed E-state index contributed by atoms with van der Waals surface area (Å²) in [5.74, 6) is 1.98. The third kappa shape index (κ3) is 4.75. The van der Waals surface area contributed by atoms with Gasteiger partial charge in [0, 0.05) is 0 Å². The van der Waals surface area contributed by atoms with Gasteiger partial charge in [-0.15, -0.1) is 0 Å². The van der Waals surface area contributed by atoms with Crippen molar-refractivity contribution in [1.82, 2.24) is 0 Å². The van der Waals surface area contributed by atoms with Crippen LogP contribution in [-0.2, 0) is 12.8 Å². The van der Waals surface area contributed by atoms with Gasteiger partial charge in [0.25, 0.3) is 0 Å². The minimum Gasteiger partial charge on any atom is -0.494 e. The highest BCUT2D eigenvalue weighted by molar-refractivity contribution is 5.37. The summed E-state index contributed by atoms with van der Waals surface area (Å²) >= 11 is 0. The predicted molar refractivity (Wildman–Crippen MR) is 94.5 cm³/mol. The molecule has 0 heterocycles. The molecule has 0 amide bonds. The summed E-state index contributed by atoms with van der Waals surface area (Å²) in [6, 6.07) is 14.8. The first-order valence-corrected chi connectivity index (χ1v) is 8.75. The van der Waals surface area contributed by atoms with Crippen molar-refractivity contribution in [2.24, 2.45) is 0 Å². The molecule has 2 heteroatoms. The second-order valence-electron chi connectivity index (χ2n) is 6.36. The minimum absolute atomic E-state index is 0.747. The SMILES string of the molecule is Cc1cccc(OCCCCOc2ccc3c(c2)CCCC3)c1. The molecule has 0 aliphatic heterocycles. The molecule has 2 aromatic rings. The maximum absolute atomic E-state index is 5.89. The van der Waals surface area contributed by atoms with E-state index in [0.717, 1.165) is 37.6 Å². The first-order chi connectivity index (χ1) is 11.3. The fourth-order valence-corrected chi connectivity index (χ4v) is 3.09. The lowest BCUT2D eigenvalue weighted by Gasteiger charge is -2.16. The van der Waals surface area contributed by atoms with Crippen molar-refractivity contribution in [3.05, 3.63) is 59.2 Å². The zero-order valence-electron chi connectivity index (χ0n) is 14.0. The third-order valence-electron chi connectivity index (χ3n) is 4.39. The van der Waals surface area contributed by atoms with Gasteiger partial charge in [-0.25, -0.2) is 0 Å². The molecule has 122 valence electrons. The number of hydrogen-bond acceptors (Lipinski definition) is 2. The average Bonchev–Trinajstić information content (AvgIpc) is 2.58. The van der Waals surface area contributed by atoms with E-state index in [4.69, 9.17) is 9.47 Å². The number of benzene rings is 2. The highest BCUT2D eigenvalue weighted by Crippen LogP contribution is 2.25. The van der Waals surface area contributed by atoms with E-state index in [1.165, 1.54) is 42.4 Å². The van der Waals surface area contributed by atoms with Crippen molar-refractivity contribution >= 4 is 0 Å². The second-order valence-corrected chi connectivity index (χ2v) is 6.36. The smallest absolute Gasteiger partial charge is 0.119 e. The Morgan fingerprint density at radius 3 is 2.22 bits per heavy atom. The van der Waals surface area contributed by atoms with Gasteiger partial charge < -0.3 is 9.47 Å². The molecule has 0 aromatic heterocycles. The Bertz CT molecular complexity index is 633. The van der Waals surface area contributed by atoms with Crippen molar-refractivity contribution in [2.75, 3.05) is 13.2 Å². The van der Waals surface area contributed by atoms with E-state index >= 15 is 0 Å². The molecule has 0 N–H and O–H groups in total. The molecular formula is C21H26O2. The summed E-state index contributed by atoms with van der Waals surface area (Å²) in [6.07, 6.45) is 7.10. The summed E-state index contributed by atoms with van der Waals surface area (Å²) in [5.41, 5.74) is 4.23. The van der Waals surface area contributed by atoms with E-state index in [-0.39, 0.29) is 0 Å². The van der Waals surface area contributed by atoms with Crippen molar-refractivity contribution in [2.45, 2.75) is 45.4 Å². The van der Waals surface area contributed by atoms with E-state index in [1.807, 2.05) is 12.1 Å². The zero-order valence-corrected chi connectivity index (χ0v) is 14.0. The molecule has 3 rings (SSSR count). The van der Waals surface area contributed by atoms with Crippen molar-refractivity contribution in [3.8, 4) is 11.5 Å². The lowest BCUT2D eigenvalue weighted by Crippen LogP contribution is -2.05. The number of fused-ring (bicyclic) bond motifs is 1. The fraction of sp³-hybridized carbons (Fsp3) is 0.429. The van der Waals surface area contributed by atoms with Gasteiger partial charge in [-0.05, 0) is 86.4 Å². The van der Waals surface area contributed by atoms with Crippen LogP contribution < -0.4 is 9.47 Å². The molecular weight excluding hydrogens is 284 g/mol. The van der Waals surface area contributed by atoms with Gasteiger partial charge in [0.2, 0.25) is 0 Å². The lowest BCUT2D eigenvalue weighted by molar-refractivity contribution is 0.266. The Labute approximate surface area is 139 Å². The molecule has 23 heavy (non-hydrogen) atoms. The van der Waals surface area contributed by atoms with Crippen LogP contribution in [0.5, 0.6) is 11.5 Å². The Kier molecular flexibility index (Phi) is 5.57. The third-order valence-corrected chi connectivity index (χ3v) is 4.39. The van der Waals surface area contributed by atoms with Crippen LogP contribution in [0.15, 0.2) is 42.5 Å². The highest BCUT2D eigenvalue weighted by atomic mass is 16.5. The molecule has 0 saturated carbocycles. The number of unbranched alkanes of at least 4 members (excludes halogenated alkanes) is 1. The van der Waals surface area contributed by atoms with Gasteiger partial charge in [0.15, 0.2) is 0 Å². The first-order valence-electron chi connectivity index (χ1n) is 8.75. The van der Waals surface area contributed by atoms with E-state index in [1.54, 1.807) is 0 Å². The largest absolute Gasteiger partial charge is 0.494 e. The number of hydrogen-bond donors (Lipinski definition) is 0. The molecule has 2 aromatic carbocycles. The van der Waals surface area contributed by atoms with Crippen LogP contribution in [-0.4, -0.2) is 13.2 Å². The molecule has 0 radical (unpaired) electrons. The molecule has 0 spiro atoms. The molecule has 0 bridgehead atoms. The molecule has 0 atom stereocenters. The van der Waals surface area contributed by atoms with Gasteiger partial charge in [-0.1, -0.05) is 18.2 Å². The predicted octanol–water partition coefficient (Wildman–Crippen LogP) is 5.11. The Morgan fingerprint density at radius 1 is 0.783 bits per heavy atom. The summed E-state index contributed by atoms with van der Waals surface area (Å²) < 4.78 is 11.6. The molecule has 0 fully saturated rings. The van der Waals surface area contributed by atoms with E-state index < -0.39 is 0 Å².